The molecular formula is C18H18N2. The lowest BCUT2D eigenvalue weighted by Gasteiger charge is -2.11. The molecule has 1 aromatic heterocycles. The standard InChI is InChI=1S/C18H18N2/c1-11-8-13(3)15(9-12(11)2)18-10-16(19)14-6-4-5-7-17(14)20-18/h4-10H,1-3H3,(H2,19,20). The van der Waals surface area contributed by atoms with E-state index in [0.29, 0.717) is 0 Å². The first-order valence-electron chi connectivity index (χ1n) is 6.80. The molecule has 0 aliphatic rings. The highest BCUT2D eigenvalue weighted by molar-refractivity contribution is 5.92. The second-order valence-corrected chi connectivity index (χ2v) is 5.37. The van der Waals surface area contributed by atoms with Crippen LogP contribution in [0.2, 0.25) is 0 Å². The smallest absolute Gasteiger partial charge is 0.0732 e. The molecule has 3 rings (SSSR count). The molecule has 0 atom stereocenters. The van der Waals surface area contributed by atoms with Gasteiger partial charge in [-0.05, 0) is 55.7 Å². The molecule has 2 N–H and O–H groups in total. The Morgan fingerprint density at radius 2 is 1.55 bits per heavy atom. The largest absolute Gasteiger partial charge is 0.398 e. The van der Waals surface area contributed by atoms with Crippen molar-refractivity contribution in [2.75, 3.05) is 5.73 Å². The third kappa shape index (κ3) is 2.03. The van der Waals surface area contributed by atoms with E-state index >= 15 is 0 Å². The molecule has 0 bridgehead atoms. The molecule has 0 aliphatic carbocycles. The molecule has 0 saturated heterocycles. The SMILES string of the molecule is Cc1cc(C)c(-c2cc(N)c3ccccc3n2)cc1C. The van der Waals surface area contributed by atoms with Crippen molar-refractivity contribution in [3.8, 4) is 11.3 Å². The van der Waals surface area contributed by atoms with Gasteiger partial charge in [0, 0.05) is 16.6 Å². The highest BCUT2D eigenvalue weighted by atomic mass is 14.7. The second kappa shape index (κ2) is 4.64. The van der Waals surface area contributed by atoms with Gasteiger partial charge in [0.25, 0.3) is 0 Å². The van der Waals surface area contributed by atoms with Gasteiger partial charge >= 0.3 is 0 Å². The summed E-state index contributed by atoms with van der Waals surface area (Å²) in [5, 5.41) is 1.01. The summed E-state index contributed by atoms with van der Waals surface area (Å²) in [5.74, 6) is 0. The van der Waals surface area contributed by atoms with Crippen LogP contribution < -0.4 is 5.73 Å². The molecule has 1 heterocycles. The highest BCUT2D eigenvalue weighted by Gasteiger charge is 2.09. The fourth-order valence-electron chi connectivity index (χ4n) is 2.58. The Hall–Kier alpha value is -2.35. The topological polar surface area (TPSA) is 38.9 Å². The van der Waals surface area contributed by atoms with E-state index in [-0.39, 0.29) is 0 Å². The Kier molecular flexibility index (Phi) is 2.94. The van der Waals surface area contributed by atoms with E-state index in [1.165, 1.54) is 16.7 Å². The summed E-state index contributed by atoms with van der Waals surface area (Å²) < 4.78 is 0. The summed E-state index contributed by atoms with van der Waals surface area (Å²) in [4.78, 5) is 4.76. The molecule has 100 valence electrons. The van der Waals surface area contributed by atoms with Crippen molar-refractivity contribution in [2.24, 2.45) is 0 Å². The van der Waals surface area contributed by atoms with Gasteiger partial charge in [0.1, 0.15) is 0 Å². The van der Waals surface area contributed by atoms with Gasteiger partial charge in [-0.3, -0.25) is 0 Å². The first kappa shape index (κ1) is 12.7. The minimum atomic E-state index is 0.781. The number of para-hydroxylation sites is 1. The maximum absolute atomic E-state index is 6.17. The zero-order valence-electron chi connectivity index (χ0n) is 12.1. The molecule has 20 heavy (non-hydrogen) atoms. The van der Waals surface area contributed by atoms with Crippen LogP contribution in [0, 0.1) is 20.8 Å². The molecular weight excluding hydrogens is 244 g/mol. The summed E-state index contributed by atoms with van der Waals surface area (Å²) in [6.07, 6.45) is 0. The Bertz CT molecular complexity index is 804. The molecule has 0 aliphatic heterocycles. The van der Waals surface area contributed by atoms with Gasteiger partial charge < -0.3 is 5.73 Å². The van der Waals surface area contributed by atoms with Crippen LogP contribution >= 0.6 is 0 Å². The number of nitrogen functional groups attached to an aromatic ring is 1. The monoisotopic (exact) mass is 262 g/mol. The van der Waals surface area contributed by atoms with E-state index in [1.807, 2.05) is 30.3 Å². The van der Waals surface area contributed by atoms with Crippen LogP contribution in [0.25, 0.3) is 22.2 Å². The number of nitrogens with zero attached hydrogens (tertiary/aromatic N) is 1. The summed E-state index contributed by atoms with van der Waals surface area (Å²) in [5.41, 5.74) is 13.8. The van der Waals surface area contributed by atoms with Crippen LogP contribution in [0.4, 0.5) is 5.69 Å². The molecule has 0 amide bonds. The van der Waals surface area contributed by atoms with Gasteiger partial charge in [0.05, 0.1) is 11.2 Å². The van der Waals surface area contributed by atoms with Gasteiger partial charge in [0.2, 0.25) is 0 Å². The number of nitrogens with two attached hydrogens (primary N) is 1. The molecule has 0 radical (unpaired) electrons. The van der Waals surface area contributed by atoms with E-state index in [2.05, 4.69) is 32.9 Å². The molecule has 3 aromatic rings. The Labute approximate surface area is 119 Å². The predicted molar refractivity (Wildman–Crippen MR) is 85.8 cm³/mol. The molecule has 2 aromatic carbocycles. The lowest BCUT2D eigenvalue weighted by atomic mass is 9.97. The van der Waals surface area contributed by atoms with E-state index in [4.69, 9.17) is 10.7 Å². The van der Waals surface area contributed by atoms with Crippen LogP contribution in [-0.4, -0.2) is 4.98 Å². The minimum absolute atomic E-state index is 0.781. The van der Waals surface area contributed by atoms with Crippen molar-refractivity contribution < 1.29 is 0 Å². The highest BCUT2D eigenvalue weighted by Crippen LogP contribution is 2.29. The molecule has 0 saturated carbocycles. The number of rotatable bonds is 1. The van der Waals surface area contributed by atoms with Crippen molar-refractivity contribution in [1.29, 1.82) is 0 Å². The average Bonchev–Trinajstić information content (AvgIpc) is 2.43. The first-order chi connectivity index (χ1) is 9.56. The zero-order valence-corrected chi connectivity index (χ0v) is 12.1. The quantitative estimate of drug-likeness (QED) is 0.705. The number of fused-ring (bicyclic) bond motifs is 1. The van der Waals surface area contributed by atoms with E-state index in [1.54, 1.807) is 0 Å². The Morgan fingerprint density at radius 3 is 2.35 bits per heavy atom. The maximum atomic E-state index is 6.17. The Morgan fingerprint density at radius 1 is 0.850 bits per heavy atom. The number of benzene rings is 2. The molecule has 0 fully saturated rings. The normalized spacial score (nSPS) is 10.9. The summed E-state index contributed by atoms with van der Waals surface area (Å²) in [7, 11) is 0. The third-order valence-corrected chi connectivity index (χ3v) is 3.86. The molecule has 2 nitrogen and oxygen atoms in total. The minimum Gasteiger partial charge on any atom is -0.398 e. The van der Waals surface area contributed by atoms with Crippen molar-refractivity contribution in [3.63, 3.8) is 0 Å². The van der Waals surface area contributed by atoms with Gasteiger partial charge in [0.15, 0.2) is 0 Å². The Balaban J connectivity index is 2.27. The lowest BCUT2D eigenvalue weighted by Crippen LogP contribution is -1.95. The van der Waals surface area contributed by atoms with Crippen molar-refractivity contribution in [1.82, 2.24) is 4.98 Å². The van der Waals surface area contributed by atoms with E-state index < -0.39 is 0 Å². The molecule has 0 unspecified atom stereocenters. The molecule has 0 spiro atoms. The number of aromatic nitrogens is 1. The fourth-order valence-corrected chi connectivity index (χ4v) is 2.58. The van der Waals surface area contributed by atoms with Gasteiger partial charge in [-0.2, -0.15) is 0 Å². The molecule has 2 heteroatoms. The predicted octanol–water partition coefficient (Wildman–Crippen LogP) is 4.41. The van der Waals surface area contributed by atoms with Gasteiger partial charge in [-0.1, -0.05) is 24.3 Å². The summed E-state index contributed by atoms with van der Waals surface area (Å²) in [6, 6.07) is 14.4. The fraction of sp³-hybridized carbons (Fsp3) is 0.167. The van der Waals surface area contributed by atoms with Crippen LogP contribution in [0.5, 0.6) is 0 Å². The number of hydrogen-bond donors (Lipinski definition) is 1. The van der Waals surface area contributed by atoms with Crippen LogP contribution in [0.15, 0.2) is 42.5 Å². The van der Waals surface area contributed by atoms with Crippen molar-refractivity contribution >= 4 is 16.6 Å². The van der Waals surface area contributed by atoms with Gasteiger partial charge in [-0.25, -0.2) is 4.98 Å². The number of hydrogen-bond acceptors (Lipinski definition) is 2. The van der Waals surface area contributed by atoms with Crippen molar-refractivity contribution in [2.45, 2.75) is 20.8 Å². The first-order valence-corrected chi connectivity index (χ1v) is 6.80. The number of anilines is 1. The van der Waals surface area contributed by atoms with Crippen LogP contribution in [0.3, 0.4) is 0 Å². The zero-order chi connectivity index (χ0) is 14.3. The lowest BCUT2D eigenvalue weighted by molar-refractivity contribution is 1.28. The van der Waals surface area contributed by atoms with Crippen molar-refractivity contribution in [3.05, 3.63) is 59.2 Å². The summed E-state index contributed by atoms with van der Waals surface area (Å²) >= 11 is 0. The second-order valence-electron chi connectivity index (χ2n) is 5.37. The summed E-state index contributed by atoms with van der Waals surface area (Å²) in [6.45, 7) is 6.38. The van der Waals surface area contributed by atoms with E-state index in [0.717, 1.165) is 27.8 Å². The third-order valence-electron chi connectivity index (χ3n) is 3.86. The number of aryl methyl sites for hydroxylation is 3. The van der Waals surface area contributed by atoms with Crippen LogP contribution in [0.1, 0.15) is 16.7 Å². The average molecular weight is 262 g/mol. The number of pyridine rings is 1. The van der Waals surface area contributed by atoms with Crippen LogP contribution in [-0.2, 0) is 0 Å². The maximum Gasteiger partial charge on any atom is 0.0732 e. The van der Waals surface area contributed by atoms with E-state index in [9.17, 15) is 0 Å². The van der Waals surface area contributed by atoms with Gasteiger partial charge in [-0.15, -0.1) is 0 Å².